The molecule has 8 heteroatoms. The van der Waals surface area contributed by atoms with Gasteiger partial charge in [-0.15, -0.1) is 11.3 Å². The Morgan fingerprint density at radius 1 is 1.26 bits per heavy atom. The number of carbonyl (C=O) groups excluding carboxylic acids is 2. The van der Waals surface area contributed by atoms with Crippen LogP contribution in [0.4, 0.5) is 5.00 Å². The van der Waals surface area contributed by atoms with Gasteiger partial charge in [-0.1, -0.05) is 0 Å². The summed E-state index contributed by atoms with van der Waals surface area (Å²) in [5, 5.41) is 14.5. The van der Waals surface area contributed by atoms with Crippen LogP contribution in [0.1, 0.15) is 40.1 Å². The van der Waals surface area contributed by atoms with Crippen LogP contribution in [0.5, 0.6) is 0 Å². The van der Waals surface area contributed by atoms with E-state index in [0.717, 1.165) is 36.1 Å². The number of rotatable bonds is 7. The fourth-order valence-corrected chi connectivity index (χ4v) is 3.86. The van der Waals surface area contributed by atoms with Crippen LogP contribution in [0.3, 0.4) is 0 Å². The summed E-state index contributed by atoms with van der Waals surface area (Å²) in [6, 6.07) is 0. The van der Waals surface area contributed by atoms with Crippen LogP contribution in [0, 0.1) is 0 Å². The number of aliphatic carboxylic acids is 1. The van der Waals surface area contributed by atoms with Gasteiger partial charge >= 0.3 is 5.97 Å². The van der Waals surface area contributed by atoms with Crippen LogP contribution in [-0.4, -0.2) is 43.2 Å². The van der Waals surface area contributed by atoms with Crippen molar-refractivity contribution in [2.45, 2.75) is 32.1 Å². The second-order valence-electron chi connectivity index (χ2n) is 5.30. The number of carboxylic acids is 1. The zero-order valence-electron chi connectivity index (χ0n) is 12.9. The van der Waals surface area contributed by atoms with Crippen molar-refractivity contribution in [2.75, 3.05) is 25.6 Å². The SMILES string of the molecule is COCC(=O)Nc1sc2c(c1C(=O)NCCC(=O)O)CCCC2. The van der Waals surface area contributed by atoms with Crippen LogP contribution in [-0.2, 0) is 27.2 Å². The van der Waals surface area contributed by atoms with E-state index < -0.39 is 5.97 Å². The van der Waals surface area contributed by atoms with Gasteiger partial charge in [-0.25, -0.2) is 0 Å². The Hall–Kier alpha value is -1.93. The van der Waals surface area contributed by atoms with E-state index in [4.69, 9.17) is 9.84 Å². The Bertz CT molecular complexity index is 611. The molecule has 0 bridgehead atoms. The number of carboxylic acid groups (broad SMARTS) is 1. The Morgan fingerprint density at radius 2 is 2.00 bits per heavy atom. The quantitative estimate of drug-likeness (QED) is 0.696. The number of ether oxygens (including phenoxy) is 1. The van der Waals surface area contributed by atoms with E-state index in [9.17, 15) is 14.4 Å². The third-order valence-electron chi connectivity index (χ3n) is 3.55. The zero-order chi connectivity index (χ0) is 16.8. The second-order valence-corrected chi connectivity index (χ2v) is 6.40. The molecule has 3 N–H and O–H groups in total. The van der Waals surface area contributed by atoms with Gasteiger partial charge in [0.15, 0.2) is 0 Å². The zero-order valence-corrected chi connectivity index (χ0v) is 13.8. The Morgan fingerprint density at radius 3 is 2.70 bits per heavy atom. The summed E-state index contributed by atoms with van der Waals surface area (Å²) in [4.78, 5) is 35.9. The summed E-state index contributed by atoms with van der Waals surface area (Å²) in [7, 11) is 1.43. The van der Waals surface area contributed by atoms with Gasteiger partial charge in [-0.2, -0.15) is 0 Å². The van der Waals surface area contributed by atoms with Crippen molar-refractivity contribution >= 4 is 34.1 Å². The normalized spacial score (nSPS) is 13.3. The topological polar surface area (TPSA) is 105 Å². The molecule has 0 atom stereocenters. The molecule has 1 aliphatic carbocycles. The monoisotopic (exact) mass is 340 g/mol. The number of anilines is 1. The summed E-state index contributed by atoms with van der Waals surface area (Å²) in [6.07, 6.45) is 3.64. The van der Waals surface area contributed by atoms with Gasteiger partial charge in [0.1, 0.15) is 11.6 Å². The molecule has 0 saturated carbocycles. The van der Waals surface area contributed by atoms with Gasteiger partial charge in [0, 0.05) is 18.5 Å². The molecule has 0 aromatic carbocycles. The van der Waals surface area contributed by atoms with Crippen molar-refractivity contribution in [1.82, 2.24) is 5.32 Å². The first-order valence-corrected chi connectivity index (χ1v) is 8.28. The maximum absolute atomic E-state index is 12.4. The highest BCUT2D eigenvalue weighted by molar-refractivity contribution is 7.17. The smallest absolute Gasteiger partial charge is 0.305 e. The van der Waals surface area contributed by atoms with E-state index in [1.807, 2.05) is 0 Å². The molecule has 1 aliphatic rings. The molecular weight excluding hydrogens is 320 g/mol. The number of hydrogen-bond donors (Lipinski definition) is 3. The molecule has 1 aromatic heterocycles. The molecule has 2 rings (SSSR count). The molecule has 2 amide bonds. The third-order valence-corrected chi connectivity index (χ3v) is 4.76. The lowest BCUT2D eigenvalue weighted by atomic mass is 9.95. The number of thiophene rings is 1. The molecule has 0 unspecified atom stereocenters. The number of carbonyl (C=O) groups is 3. The van der Waals surface area contributed by atoms with E-state index in [0.29, 0.717) is 10.6 Å². The fraction of sp³-hybridized carbons (Fsp3) is 0.533. The lowest BCUT2D eigenvalue weighted by Crippen LogP contribution is -2.28. The van der Waals surface area contributed by atoms with Crippen molar-refractivity contribution in [3.63, 3.8) is 0 Å². The Kier molecular flexibility index (Phi) is 6.12. The van der Waals surface area contributed by atoms with Crippen molar-refractivity contribution < 1.29 is 24.2 Å². The molecule has 23 heavy (non-hydrogen) atoms. The highest BCUT2D eigenvalue weighted by Gasteiger charge is 2.26. The van der Waals surface area contributed by atoms with E-state index in [2.05, 4.69) is 10.6 Å². The molecule has 1 heterocycles. The minimum absolute atomic E-state index is 0.0598. The standard InChI is InChI=1S/C15H20N2O5S/c1-22-8-11(18)17-15-13(14(21)16-7-6-12(19)20)9-4-2-3-5-10(9)23-15/h2-8H2,1H3,(H,16,21)(H,17,18)(H,19,20). The maximum Gasteiger partial charge on any atom is 0.305 e. The van der Waals surface area contributed by atoms with E-state index in [-0.39, 0.29) is 31.4 Å². The van der Waals surface area contributed by atoms with Gasteiger partial charge in [-0.3, -0.25) is 14.4 Å². The molecular formula is C15H20N2O5S. The maximum atomic E-state index is 12.4. The lowest BCUT2D eigenvalue weighted by molar-refractivity contribution is -0.136. The predicted octanol–water partition coefficient (Wildman–Crippen LogP) is 1.42. The van der Waals surface area contributed by atoms with Gasteiger partial charge in [-0.05, 0) is 31.2 Å². The lowest BCUT2D eigenvalue weighted by Gasteiger charge is -2.13. The van der Waals surface area contributed by atoms with E-state index >= 15 is 0 Å². The number of amides is 2. The van der Waals surface area contributed by atoms with Crippen molar-refractivity contribution in [2.24, 2.45) is 0 Å². The molecule has 0 fully saturated rings. The van der Waals surface area contributed by atoms with Gasteiger partial charge in [0.2, 0.25) is 0 Å². The molecule has 1 aromatic rings. The first kappa shape index (κ1) is 17.4. The Labute approximate surface area is 138 Å². The number of fused-ring (bicyclic) bond motifs is 1. The summed E-state index contributed by atoms with van der Waals surface area (Å²) >= 11 is 1.42. The van der Waals surface area contributed by atoms with Gasteiger partial charge in [0.05, 0.1) is 12.0 Å². The molecule has 0 aliphatic heterocycles. The van der Waals surface area contributed by atoms with Crippen LogP contribution in [0.15, 0.2) is 0 Å². The van der Waals surface area contributed by atoms with Crippen molar-refractivity contribution in [3.05, 3.63) is 16.0 Å². The summed E-state index contributed by atoms with van der Waals surface area (Å²) in [6.45, 7) is -0.0209. The molecule has 7 nitrogen and oxygen atoms in total. The number of hydrogen-bond acceptors (Lipinski definition) is 5. The minimum atomic E-state index is -0.966. The molecule has 0 saturated heterocycles. The highest BCUT2D eigenvalue weighted by atomic mass is 32.1. The summed E-state index contributed by atoms with van der Waals surface area (Å²) in [5.41, 5.74) is 1.45. The average Bonchev–Trinajstić information content (AvgIpc) is 2.84. The number of nitrogens with one attached hydrogen (secondary N) is 2. The summed E-state index contributed by atoms with van der Waals surface area (Å²) < 4.78 is 4.80. The largest absolute Gasteiger partial charge is 0.481 e. The highest BCUT2D eigenvalue weighted by Crippen LogP contribution is 2.38. The van der Waals surface area contributed by atoms with Gasteiger partial charge < -0.3 is 20.5 Å². The minimum Gasteiger partial charge on any atom is -0.481 e. The predicted molar refractivity (Wildman–Crippen MR) is 86.1 cm³/mol. The van der Waals surface area contributed by atoms with Crippen LogP contribution >= 0.6 is 11.3 Å². The first-order chi connectivity index (χ1) is 11.0. The van der Waals surface area contributed by atoms with Gasteiger partial charge in [0.25, 0.3) is 11.8 Å². The first-order valence-electron chi connectivity index (χ1n) is 7.46. The van der Waals surface area contributed by atoms with Crippen LogP contribution in [0.2, 0.25) is 0 Å². The Balaban J connectivity index is 2.20. The van der Waals surface area contributed by atoms with E-state index in [1.165, 1.54) is 18.4 Å². The molecule has 0 radical (unpaired) electrons. The number of aryl methyl sites for hydroxylation is 1. The number of methoxy groups -OCH3 is 1. The van der Waals surface area contributed by atoms with Crippen LogP contribution < -0.4 is 10.6 Å². The van der Waals surface area contributed by atoms with Crippen LogP contribution in [0.25, 0.3) is 0 Å². The third kappa shape index (κ3) is 4.52. The van der Waals surface area contributed by atoms with Crippen molar-refractivity contribution in [3.8, 4) is 0 Å². The molecule has 126 valence electrons. The summed E-state index contributed by atoms with van der Waals surface area (Å²) in [5.74, 6) is -1.62. The molecule has 0 spiro atoms. The second kappa shape index (κ2) is 8.07. The fourth-order valence-electron chi connectivity index (χ4n) is 2.56. The van der Waals surface area contributed by atoms with E-state index in [1.54, 1.807) is 0 Å². The van der Waals surface area contributed by atoms with Crippen molar-refractivity contribution in [1.29, 1.82) is 0 Å². The average molecular weight is 340 g/mol.